The maximum Gasteiger partial charge on any atom is 0.279 e. The predicted octanol–water partition coefficient (Wildman–Crippen LogP) is 2.38. The molecule has 134 valence electrons. The van der Waals surface area contributed by atoms with Crippen molar-refractivity contribution in [3.05, 3.63) is 78.5 Å². The first-order valence-corrected chi connectivity index (χ1v) is 9.30. The maximum absolute atomic E-state index is 12.4. The Hall–Kier alpha value is -2.81. The lowest BCUT2D eigenvalue weighted by atomic mass is 10.1. The fraction of sp³-hybridized carbons (Fsp3) is 0. The lowest BCUT2D eigenvalue weighted by Gasteiger charge is -2.08. The quantitative estimate of drug-likeness (QED) is 0.643. The molecule has 3 aromatic rings. The van der Waals surface area contributed by atoms with E-state index in [1.54, 1.807) is 48.5 Å². The van der Waals surface area contributed by atoms with E-state index in [1.165, 1.54) is 0 Å². The molecular formula is C18H10ClN3O3S2. The average molecular weight is 416 g/mol. The van der Waals surface area contributed by atoms with Crippen molar-refractivity contribution in [1.29, 1.82) is 0 Å². The van der Waals surface area contributed by atoms with Crippen molar-refractivity contribution in [2.24, 2.45) is 4.99 Å². The fourth-order valence-electron chi connectivity index (χ4n) is 2.68. The van der Waals surface area contributed by atoms with Gasteiger partial charge < -0.3 is 5.11 Å². The molecule has 0 spiro atoms. The number of thiazole rings is 1. The molecule has 6 nitrogen and oxygen atoms in total. The smallest absolute Gasteiger partial charge is 0.279 e. The van der Waals surface area contributed by atoms with Gasteiger partial charge in [-0.05, 0) is 42.5 Å². The van der Waals surface area contributed by atoms with Crippen LogP contribution in [-0.2, 0) is 4.79 Å². The number of halogens is 1. The fourth-order valence-corrected chi connectivity index (χ4v) is 4.07. The summed E-state index contributed by atoms with van der Waals surface area (Å²) in [7, 11) is 0. The van der Waals surface area contributed by atoms with E-state index < -0.39 is 11.8 Å². The zero-order chi connectivity index (χ0) is 19.1. The molecule has 2 aromatic carbocycles. The van der Waals surface area contributed by atoms with Gasteiger partial charge in [0, 0.05) is 15.8 Å². The second-order valence-electron chi connectivity index (χ2n) is 5.61. The van der Waals surface area contributed by atoms with Crippen molar-refractivity contribution in [3.63, 3.8) is 0 Å². The minimum atomic E-state index is -0.477. The molecule has 2 heterocycles. The van der Waals surface area contributed by atoms with Crippen LogP contribution in [0, 0.1) is 3.95 Å². The first-order valence-electron chi connectivity index (χ1n) is 7.70. The molecule has 1 aliphatic heterocycles. The summed E-state index contributed by atoms with van der Waals surface area (Å²) in [6.07, 6.45) is 0. The standard InChI is InChI=1S/C18H10ClN3O3S2/c19-10-7-5-9(6-8-10)15(23)21-22-17(25)14(27-18(22)26)13-11-3-1-2-4-12(11)20-16(13)24/h1-8,25H,(H,21,23). The van der Waals surface area contributed by atoms with Gasteiger partial charge in [-0.25, -0.2) is 4.99 Å². The lowest BCUT2D eigenvalue weighted by molar-refractivity contribution is -0.112. The van der Waals surface area contributed by atoms with E-state index in [9.17, 15) is 14.7 Å². The van der Waals surface area contributed by atoms with Crippen molar-refractivity contribution in [1.82, 2.24) is 4.68 Å². The lowest BCUT2D eigenvalue weighted by Crippen LogP contribution is -2.23. The number of aromatic hydroxyl groups is 1. The van der Waals surface area contributed by atoms with Crippen LogP contribution >= 0.6 is 35.2 Å². The summed E-state index contributed by atoms with van der Waals surface area (Å²) in [5, 5.41) is 12.3. The number of carbonyl (C=O) groups excluding carboxylic acids is 2. The molecule has 0 aliphatic carbocycles. The largest absolute Gasteiger partial charge is 0.492 e. The van der Waals surface area contributed by atoms with Gasteiger partial charge in [-0.15, -0.1) is 0 Å². The Kier molecular flexibility index (Phi) is 4.39. The molecular weight excluding hydrogens is 406 g/mol. The van der Waals surface area contributed by atoms with E-state index in [0.29, 0.717) is 21.2 Å². The molecule has 0 bridgehead atoms. The van der Waals surface area contributed by atoms with Crippen LogP contribution in [-0.4, -0.2) is 21.6 Å². The Morgan fingerprint density at radius 3 is 2.63 bits per heavy atom. The summed E-state index contributed by atoms with van der Waals surface area (Å²) in [6, 6.07) is 13.3. The second kappa shape index (κ2) is 6.73. The number of fused-ring (bicyclic) bond motifs is 1. The van der Waals surface area contributed by atoms with Crippen LogP contribution in [0.1, 0.15) is 15.2 Å². The summed E-state index contributed by atoms with van der Waals surface area (Å²) in [6.45, 7) is 0. The molecule has 0 radical (unpaired) electrons. The van der Waals surface area contributed by atoms with Crippen LogP contribution in [0.5, 0.6) is 5.88 Å². The van der Waals surface area contributed by atoms with E-state index in [4.69, 9.17) is 23.8 Å². The number of carbonyl (C=O) groups is 2. The monoisotopic (exact) mass is 415 g/mol. The highest BCUT2D eigenvalue weighted by Gasteiger charge is 2.25. The van der Waals surface area contributed by atoms with Gasteiger partial charge in [-0.1, -0.05) is 41.1 Å². The number of hydrogen-bond acceptors (Lipinski definition) is 5. The van der Waals surface area contributed by atoms with Crippen molar-refractivity contribution in [2.45, 2.75) is 0 Å². The minimum Gasteiger partial charge on any atom is -0.492 e. The number of nitrogens with zero attached hydrogens (tertiary/aromatic N) is 2. The molecule has 0 saturated heterocycles. The van der Waals surface area contributed by atoms with Gasteiger partial charge in [0.2, 0.25) is 5.88 Å². The molecule has 0 fully saturated rings. The summed E-state index contributed by atoms with van der Waals surface area (Å²) >= 11 is 12.1. The van der Waals surface area contributed by atoms with Gasteiger partial charge in [0.25, 0.3) is 11.8 Å². The number of aromatic nitrogens is 1. The number of benzene rings is 2. The van der Waals surface area contributed by atoms with E-state index in [1.807, 2.05) is 0 Å². The van der Waals surface area contributed by atoms with Crippen LogP contribution in [0.25, 0.3) is 5.57 Å². The molecule has 4 rings (SSSR count). The summed E-state index contributed by atoms with van der Waals surface area (Å²) in [5.74, 6) is -1.25. The van der Waals surface area contributed by atoms with E-state index >= 15 is 0 Å². The van der Waals surface area contributed by atoms with E-state index in [-0.39, 0.29) is 20.3 Å². The third kappa shape index (κ3) is 3.08. The molecule has 0 unspecified atom stereocenters. The van der Waals surface area contributed by atoms with E-state index in [2.05, 4.69) is 10.4 Å². The van der Waals surface area contributed by atoms with Crippen LogP contribution in [0.2, 0.25) is 5.02 Å². The van der Waals surface area contributed by atoms with Gasteiger partial charge in [-0.2, -0.15) is 4.68 Å². The van der Waals surface area contributed by atoms with Crippen LogP contribution < -0.4 is 16.0 Å². The van der Waals surface area contributed by atoms with Crippen molar-refractivity contribution < 1.29 is 14.7 Å². The normalized spacial score (nSPS) is 12.6. The van der Waals surface area contributed by atoms with Gasteiger partial charge >= 0.3 is 0 Å². The van der Waals surface area contributed by atoms with Crippen molar-refractivity contribution in [2.75, 3.05) is 5.43 Å². The van der Waals surface area contributed by atoms with Crippen LogP contribution in [0.3, 0.4) is 0 Å². The predicted molar refractivity (Wildman–Crippen MR) is 105 cm³/mol. The zero-order valence-corrected chi connectivity index (χ0v) is 15.9. The summed E-state index contributed by atoms with van der Waals surface area (Å²) in [5.41, 5.74) is 3.14. The molecule has 1 aliphatic rings. The molecule has 2 N–H and O–H groups in total. The van der Waals surface area contributed by atoms with Gasteiger partial charge in [0.1, 0.15) is 4.88 Å². The highest BCUT2D eigenvalue weighted by Crippen LogP contribution is 2.31. The van der Waals surface area contributed by atoms with Gasteiger partial charge in [-0.3, -0.25) is 15.0 Å². The highest BCUT2D eigenvalue weighted by atomic mass is 35.5. The number of hydrogen-bond donors (Lipinski definition) is 2. The second-order valence-corrected chi connectivity index (χ2v) is 7.69. The first-order chi connectivity index (χ1) is 13.0. The molecule has 9 heteroatoms. The molecule has 0 saturated carbocycles. The first kappa shape index (κ1) is 17.6. The molecule has 0 atom stereocenters. The third-order valence-electron chi connectivity index (χ3n) is 3.94. The topological polar surface area (TPSA) is 83.7 Å². The molecule has 27 heavy (non-hydrogen) atoms. The summed E-state index contributed by atoms with van der Waals surface area (Å²) < 4.78 is 1.27. The SMILES string of the molecule is O=C1N=c2ccccc2=C1c1sc(=S)n(NC(=O)c2ccc(Cl)cc2)c1O. The van der Waals surface area contributed by atoms with Crippen molar-refractivity contribution in [3.8, 4) is 5.88 Å². The number of amides is 2. The van der Waals surface area contributed by atoms with Gasteiger partial charge in [0.05, 0.1) is 10.9 Å². The molecule has 1 aromatic heterocycles. The van der Waals surface area contributed by atoms with E-state index in [0.717, 1.165) is 16.0 Å². The van der Waals surface area contributed by atoms with Crippen molar-refractivity contribution >= 4 is 52.5 Å². The Labute approximate surface area is 166 Å². The Bertz CT molecular complexity index is 1280. The van der Waals surface area contributed by atoms with Crippen LogP contribution in [0.4, 0.5) is 0 Å². The highest BCUT2D eigenvalue weighted by molar-refractivity contribution is 7.73. The average Bonchev–Trinajstić information content (AvgIpc) is 3.12. The number of rotatable bonds is 3. The Morgan fingerprint density at radius 2 is 1.89 bits per heavy atom. The zero-order valence-electron chi connectivity index (χ0n) is 13.5. The minimum absolute atomic E-state index is 0.189. The maximum atomic E-state index is 12.4. The Balaban J connectivity index is 1.77. The van der Waals surface area contributed by atoms with Gasteiger partial charge in [0.15, 0.2) is 3.95 Å². The number of para-hydroxylation sites is 1. The Morgan fingerprint density at radius 1 is 1.19 bits per heavy atom. The number of nitrogens with one attached hydrogen (secondary N) is 1. The van der Waals surface area contributed by atoms with Crippen LogP contribution in [0.15, 0.2) is 53.5 Å². The summed E-state index contributed by atoms with van der Waals surface area (Å²) in [4.78, 5) is 29.0. The third-order valence-corrected chi connectivity index (χ3v) is 5.58. The molecule has 2 amide bonds.